The number of amides is 1. The van der Waals surface area contributed by atoms with Crippen molar-refractivity contribution in [3.8, 4) is 5.75 Å². The SMILES string of the molecule is COc1c(C(=O)N2CCCCC2)ccc(Cl)c1F. The van der Waals surface area contributed by atoms with Crippen LogP contribution in [0.5, 0.6) is 5.75 Å². The Bertz CT molecular complexity index is 459. The van der Waals surface area contributed by atoms with Crippen LogP contribution in [0.25, 0.3) is 0 Å². The van der Waals surface area contributed by atoms with Crippen LogP contribution in [-0.4, -0.2) is 31.0 Å². The highest BCUT2D eigenvalue weighted by Crippen LogP contribution is 2.30. The minimum Gasteiger partial charge on any atom is -0.493 e. The molecule has 1 heterocycles. The largest absolute Gasteiger partial charge is 0.493 e. The Labute approximate surface area is 110 Å². The topological polar surface area (TPSA) is 29.5 Å². The fraction of sp³-hybridized carbons (Fsp3) is 0.462. The molecule has 0 saturated carbocycles. The van der Waals surface area contributed by atoms with Gasteiger partial charge in [-0.25, -0.2) is 4.39 Å². The molecule has 0 bridgehead atoms. The minimum absolute atomic E-state index is 0.0398. The number of piperidine rings is 1. The molecule has 0 radical (unpaired) electrons. The summed E-state index contributed by atoms with van der Waals surface area (Å²) in [6.45, 7) is 1.43. The molecule has 0 unspecified atom stereocenters. The number of carbonyl (C=O) groups is 1. The lowest BCUT2D eigenvalue weighted by Gasteiger charge is -2.27. The molecule has 5 heteroatoms. The minimum atomic E-state index is -0.679. The first-order valence-corrected chi connectivity index (χ1v) is 6.34. The number of ether oxygens (including phenoxy) is 1. The number of halogens is 2. The summed E-state index contributed by atoms with van der Waals surface area (Å²) in [5, 5.41) is -0.0398. The Morgan fingerprint density at radius 1 is 1.33 bits per heavy atom. The third-order valence-electron chi connectivity index (χ3n) is 3.13. The molecule has 1 fully saturated rings. The van der Waals surface area contributed by atoms with Gasteiger partial charge in [0.2, 0.25) is 0 Å². The van der Waals surface area contributed by atoms with Gasteiger partial charge in [-0.1, -0.05) is 11.6 Å². The molecule has 0 N–H and O–H groups in total. The van der Waals surface area contributed by atoms with E-state index in [-0.39, 0.29) is 22.2 Å². The first kappa shape index (κ1) is 13.1. The molecule has 1 aliphatic heterocycles. The van der Waals surface area contributed by atoms with Crippen molar-refractivity contribution in [3.63, 3.8) is 0 Å². The maximum Gasteiger partial charge on any atom is 0.257 e. The van der Waals surface area contributed by atoms with Crippen LogP contribution >= 0.6 is 11.6 Å². The van der Waals surface area contributed by atoms with Gasteiger partial charge in [-0.3, -0.25) is 4.79 Å². The fourth-order valence-electron chi connectivity index (χ4n) is 2.17. The van der Waals surface area contributed by atoms with E-state index in [4.69, 9.17) is 16.3 Å². The predicted octanol–water partition coefficient (Wildman–Crippen LogP) is 3.11. The number of hydrogen-bond donors (Lipinski definition) is 0. The molecule has 0 aliphatic carbocycles. The second-order valence-corrected chi connectivity index (χ2v) is 4.70. The van der Waals surface area contributed by atoms with Crippen molar-refractivity contribution in [3.05, 3.63) is 28.5 Å². The van der Waals surface area contributed by atoms with E-state index in [1.54, 1.807) is 4.90 Å². The summed E-state index contributed by atoms with van der Waals surface area (Å²) in [5.41, 5.74) is 0.237. The van der Waals surface area contributed by atoms with Crippen LogP contribution in [0, 0.1) is 5.82 Å². The number of methoxy groups -OCH3 is 1. The van der Waals surface area contributed by atoms with Crippen LogP contribution < -0.4 is 4.74 Å². The highest BCUT2D eigenvalue weighted by atomic mass is 35.5. The van der Waals surface area contributed by atoms with Gasteiger partial charge >= 0.3 is 0 Å². The van der Waals surface area contributed by atoms with Crippen molar-refractivity contribution in [1.29, 1.82) is 0 Å². The summed E-state index contributed by atoms with van der Waals surface area (Å²) in [4.78, 5) is 14.0. The Kier molecular flexibility index (Phi) is 4.07. The van der Waals surface area contributed by atoms with Crippen LogP contribution in [0.15, 0.2) is 12.1 Å². The summed E-state index contributed by atoms with van der Waals surface area (Å²) < 4.78 is 18.7. The molecule has 1 aromatic rings. The molecule has 0 atom stereocenters. The zero-order valence-corrected chi connectivity index (χ0v) is 11.0. The molecular formula is C13H15ClFNO2. The molecule has 18 heavy (non-hydrogen) atoms. The van der Waals surface area contributed by atoms with Gasteiger partial charge in [0.15, 0.2) is 11.6 Å². The lowest BCUT2D eigenvalue weighted by Crippen LogP contribution is -2.35. The molecule has 0 aromatic heterocycles. The van der Waals surface area contributed by atoms with E-state index in [0.29, 0.717) is 13.1 Å². The zero-order valence-electron chi connectivity index (χ0n) is 10.2. The number of likely N-dealkylation sites (tertiary alicyclic amines) is 1. The van der Waals surface area contributed by atoms with Gasteiger partial charge in [0.1, 0.15) is 0 Å². The second kappa shape index (κ2) is 5.57. The number of rotatable bonds is 2. The number of benzene rings is 1. The number of carbonyl (C=O) groups excluding carboxylic acids is 1. The van der Waals surface area contributed by atoms with E-state index in [9.17, 15) is 9.18 Å². The van der Waals surface area contributed by atoms with Gasteiger partial charge in [-0.15, -0.1) is 0 Å². The average molecular weight is 272 g/mol. The third kappa shape index (κ3) is 2.43. The van der Waals surface area contributed by atoms with Gasteiger partial charge in [-0.05, 0) is 31.4 Å². The fourth-order valence-corrected chi connectivity index (χ4v) is 2.32. The summed E-state index contributed by atoms with van der Waals surface area (Å²) >= 11 is 5.68. The van der Waals surface area contributed by atoms with Gasteiger partial charge in [-0.2, -0.15) is 0 Å². The highest BCUT2D eigenvalue weighted by molar-refractivity contribution is 6.31. The van der Waals surface area contributed by atoms with E-state index in [0.717, 1.165) is 19.3 Å². The summed E-state index contributed by atoms with van der Waals surface area (Å²) in [5.74, 6) is -0.942. The maximum atomic E-state index is 13.8. The molecular weight excluding hydrogens is 257 g/mol. The molecule has 3 nitrogen and oxygen atoms in total. The molecule has 98 valence electrons. The zero-order chi connectivity index (χ0) is 13.1. The molecule has 1 amide bonds. The van der Waals surface area contributed by atoms with E-state index >= 15 is 0 Å². The maximum absolute atomic E-state index is 13.8. The van der Waals surface area contributed by atoms with Crippen LogP contribution in [-0.2, 0) is 0 Å². The predicted molar refractivity (Wildman–Crippen MR) is 67.7 cm³/mol. The summed E-state index contributed by atoms with van der Waals surface area (Å²) in [6, 6.07) is 2.90. The van der Waals surface area contributed by atoms with Gasteiger partial charge in [0, 0.05) is 13.1 Å². The normalized spacial score (nSPS) is 15.6. The van der Waals surface area contributed by atoms with E-state index in [2.05, 4.69) is 0 Å². The Morgan fingerprint density at radius 2 is 2.00 bits per heavy atom. The van der Waals surface area contributed by atoms with Crippen molar-refractivity contribution in [2.75, 3.05) is 20.2 Å². The van der Waals surface area contributed by atoms with Crippen LogP contribution in [0.2, 0.25) is 5.02 Å². The Balaban J connectivity index is 2.32. The standard InChI is InChI=1S/C13H15ClFNO2/c1-18-12-9(5-6-10(14)11(12)15)13(17)16-7-3-2-4-8-16/h5-6H,2-4,7-8H2,1H3. The second-order valence-electron chi connectivity index (χ2n) is 4.30. The number of hydrogen-bond acceptors (Lipinski definition) is 2. The molecule has 2 rings (SSSR count). The number of nitrogens with zero attached hydrogens (tertiary/aromatic N) is 1. The van der Waals surface area contributed by atoms with Gasteiger partial charge in [0.25, 0.3) is 5.91 Å². The van der Waals surface area contributed by atoms with Gasteiger partial charge in [0.05, 0.1) is 17.7 Å². The summed E-state index contributed by atoms with van der Waals surface area (Å²) in [7, 11) is 1.34. The molecule has 1 aliphatic rings. The van der Waals surface area contributed by atoms with E-state index < -0.39 is 5.82 Å². The van der Waals surface area contributed by atoms with Crippen LogP contribution in [0.4, 0.5) is 4.39 Å². The highest BCUT2D eigenvalue weighted by Gasteiger charge is 2.24. The third-order valence-corrected chi connectivity index (χ3v) is 3.42. The van der Waals surface area contributed by atoms with Crippen molar-refractivity contribution in [1.82, 2.24) is 4.90 Å². The molecule has 1 aromatic carbocycles. The molecule has 0 spiro atoms. The lowest BCUT2D eigenvalue weighted by molar-refractivity contribution is 0.0720. The Morgan fingerprint density at radius 3 is 2.61 bits per heavy atom. The first-order chi connectivity index (χ1) is 8.65. The van der Waals surface area contributed by atoms with Crippen LogP contribution in [0.1, 0.15) is 29.6 Å². The van der Waals surface area contributed by atoms with Crippen molar-refractivity contribution in [2.45, 2.75) is 19.3 Å². The smallest absolute Gasteiger partial charge is 0.257 e. The average Bonchev–Trinajstić information content (AvgIpc) is 2.42. The van der Waals surface area contributed by atoms with Crippen molar-refractivity contribution < 1.29 is 13.9 Å². The first-order valence-electron chi connectivity index (χ1n) is 5.96. The quantitative estimate of drug-likeness (QED) is 0.827. The Hall–Kier alpha value is -1.29. The van der Waals surface area contributed by atoms with E-state index in [1.165, 1.54) is 19.2 Å². The lowest BCUT2D eigenvalue weighted by atomic mass is 10.1. The summed E-state index contributed by atoms with van der Waals surface area (Å²) in [6.07, 6.45) is 3.12. The monoisotopic (exact) mass is 271 g/mol. The molecule has 1 saturated heterocycles. The van der Waals surface area contributed by atoms with Crippen molar-refractivity contribution >= 4 is 17.5 Å². The van der Waals surface area contributed by atoms with Crippen molar-refractivity contribution in [2.24, 2.45) is 0 Å². The van der Waals surface area contributed by atoms with Gasteiger partial charge < -0.3 is 9.64 Å². The van der Waals surface area contributed by atoms with Crippen LogP contribution in [0.3, 0.4) is 0 Å². The van der Waals surface area contributed by atoms with E-state index in [1.807, 2.05) is 0 Å².